The topological polar surface area (TPSA) is 74.7 Å². The predicted octanol–water partition coefficient (Wildman–Crippen LogP) is 3.37. The second-order valence-electron chi connectivity index (χ2n) is 5.89. The van der Waals surface area contributed by atoms with Gasteiger partial charge in [0, 0.05) is 24.8 Å². The van der Waals surface area contributed by atoms with Gasteiger partial charge in [0.1, 0.15) is 5.25 Å². The highest BCUT2D eigenvalue weighted by atomic mass is 32.2. The highest BCUT2D eigenvalue weighted by molar-refractivity contribution is 8.15. The van der Waals surface area contributed by atoms with Gasteiger partial charge in [-0.3, -0.25) is 14.5 Å². The maximum atomic E-state index is 12.6. The number of thioether (sulfide) groups is 1. The number of benzene rings is 1. The molecule has 2 heterocycles. The van der Waals surface area contributed by atoms with Crippen LogP contribution in [-0.2, 0) is 9.59 Å². The fourth-order valence-electron chi connectivity index (χ4n) is 2.55. The normalized spacial score (nSPS) is 18.4. The van der Waals surface area contributed by atoms with E-state index in [4.69, 9.17) is 0 Å². The van der Waals surface area contributed by atoms with Gasteiger partial charge >= 0.3 is 0 Å². The minimum Gasteiger partial charge on any atom is -0.326 e. The lowest BCUT2D eigenvalue weighted by Crippen LogP contribution is -2.33. The number of anilines is 1. The van der Waals surface area contributed by atoms with E-state index in [9.17, 15) is 9.59 Å². The summed E-state index contributed by atoms with van der Waals surface area (Å²) in [6.45, 7) is 4.38. The van der Waals surface area contributed by atoms with Gasteiger partial charge in [-0.15, -0.1) is 0 Å². The van der Waals surface area contributed by atoms with Crippen molar-refractivity contribution in [2.24, 2.45) is 4.99 Å². The summed E-state index contributed by atoms with van der Waals surface area (Å²) in [5.74, 6) is 0.270. The molecule has 1 saturated heterocycles. The number of amidine groups is 1. The standard InChI is InChI=1S/C19H20N4O2S/c1-3-23-18(25)15(26-19(23)22-16-6-4-5-11-20-16)12-17(24)21-14-9-7-13(2)8-10-14/h4-11,15H,3,12H2,1-2H3,(H,21,24)/b22-19-. The lowest BCUT2D eigenvalue weighted by molar-refractivity contribution is -0.128. The van der Waals surface area contributed by atoms with Gasteiger partial charge in [-0.1, -0.05) is 35.5 Å². The molecule has 1 fully saturated rings. The van der Waals surface area contributed by atoms with E-state index in [-0.39, 0.29) is 18.2 Å². The van der Waals surface area contributed by atoms with Crippen LogP contribution in [0.2, 0.25) is 0 Å². The van der Waals surface area contributed by atoms with Crippen molar-refractivity contribution < 1.29 is 9.59 Å². The van der Waals surface area contributed by atoms with Crippen LogP contribution in [0.25, 0.3) is 0 Å². The van der Waals surface area contributed by atoms with Crippen LogP contribution < -0.4 is 5.32 Å². The van der Waals surface area contributed by atoms with Crippen molar-refractivity contribution in [3.63, 3.8) is 0 Å². The van der Waals surface area contributed by atoms with Crippen LogP contribution in [0.4, 0.5) is 11.5 Å². The molecule has 0 spiro atoms. The molecule has 2 amide bonds. The molecule has 0 bridgehead atoms. The molecular formula is C19H20N4O2S. The van der Waals surface area contributed by atoms with Crippen molar-refractivity contribution in [3.8, 4) is 0 Å². The maximum Gasteiger partial charge on any atom is 0.242 e. The molecule has 1 atom stereocenters. The van der Waals surface area contributed by atoms with Crippen LogP contribution in [0.5, 0.6) is 0 Å². The summed E-state index contributed by atoms with van der Waals surface area (Å²) < 4.78 is 0. The Morgan fingerprint density at radius 3 is 2.69 bits per heavy atom. The van der Waals surface area contributed by atoms with Crippen molar-refractivity contribution in [3.05, 3.63) is 54.2 Å². The number of pyridine rings is 1. The van der Waals surface area contributed by atoms with Crippen molar-refractivity contribution in [2.75, 3.05) is 11.9 Å². The van der Waals surface area contributed by atoms with E-state index in [0.717, 1.165) is 11.3 Å². The number of nitrogens with zero attached hydrogens (tertiary/aromatic N) is 3. The average Bonchev–Trinajstić information content (AvgIpc) is 2.92. The van der Waals surface area contributed by atoms with E-state index in [0.29, 0.717) is 17.5 Å². The predicted molar refractivity (Wildman–Crippen MR) is 105 cm³/mol. The first-order valence-electron chi connectivity index (χ1n) is 8.41. The van der Waals surface area contributed by atoms with Gasteiger partial charge in [0.15, 0.2) is 11.0 Å². The van der Waals surface area contributed by atoms with Crippen molar-refractivity contribution >= 4 is 40.2 Å². The Labute approximate surface area is 156 Å². The van der Waals surface area contributed by atoms with Gasteiger partial charge in [0.2, 0.25) is 11.8 Å². The third kappa shape index (κ3) is 4.29. The first-order valence-corrected chi connectivity index (χ1v) is 9.29. The molecule has 0 saturated carbocycles. The van der Waals surface area contributed by atoms with Gasteiger partial charge in [0.05, 0.1) is 0 Å². The minimum atomic E-state index is -0.470. The second-order valence-corrected chi connectivity index (χ2v) is 7.06. The molecule has 1 aromatic heterocycles. The first kappa shape index (κ1) is 18.1. The van der Waals surface area contributed by atoms with Crippen molar-refractivity contribution in [2.45, 2.75) is 25.5 Å². The van der Waals surface area contributed by atoms with E-state index >= 15 is 0 Å². The number of rotatable bonds is 5. The molecule has 1 N–H and O–H groups in total. The number of aromatic nitrogens is 1. The lowest BCUT2D eigenvalue weighted by atomic mass is 10.2. The monoisotopic (exact) mass is 368 g/mol. The highest BCUT2D eigenvalue weighted by Gasteiger charge is 2.38. The molecule has 2 aromatic rings. The lowest BCUT2D eigenvalue weighted by Gasteiger charge is -2.13. The Morgan fingerprint density at radius 1 is 1.27 bits per heavy atom. The number of hydrogen-bond donors (Lipinski definition) is 1. The van der Waals surface area contributed by atoms with Crippen LogP contribution in [-0.4, -0.2) is 38.7 Å². The number of hydrogen-bond acceptors (Lipinski definition) is 5. The number of nitrogens with one attached hydrogen (secondary N) is 1. The summed E-state index contributed by atoms with van der Waals surface area (Å²) in [6, 6.07) is 13.0. The number of amides is 2. The Morgan fingerprint density at radius 2 is 2.04 bits per heavy atom. The molecule has 1 aliphatic rings. The van der Waals surface area contributed by atoms with Gasteiger partial charge in [-0.25, -0.2) is 9.98 Å². The zero-order valence-corrected chi connectivity index (χ0v) is 15.5. The third-order valence-electron chi connectivity index (χ3n) is 3.90. The van der Waals surface area contributed by atoms with Crippen molar-refractivity contribution in [1.29, 1.82) is 0 Å². The summed E-state index contributed by atoms with van der Waals surface area (Å²) in [5.41, 5.74) is 1.85. The second kappa shape index (κ2) is 8.14. The molecule has 0 radical (unpaired) electrons. The molecule has 6 nitrogen and oxygen atoms in total. The SMILES string of the molecule is CCN1C(=O)C(CC(=O)Nc2ccc(C)cc2)S/C1=N\c1ccccn1. The number of aliphatic imine (C=N–C) groups is 1. The van der Waals surface area contributed by atoms with Crippen LogP contribution in [0, 0.1) is 6.92 Å². The zero-order chi connectivity index (χ0) is 18.5. The average molecular weight is 368 g/mol. The van der Waals surface area contributed by atoms with E-state index in [2.05, 4.69) is 15.3 Å². The largest absolute Gasteiger partial charge is 0.326 e. The Kier molecular flexibility index (Phi) is 5.68. The van der Waals surface area contributed by atoms with E-state index in [1.165, 1.54) is 11.8 Å². The molecule has 1 aromatic carbocycles. The van der Waals surface area contributed by atoms with Crippen LogP contribution in [0.15, 0.2) is 53.7 Å². The summed E-state index contributed by atoms with van der Waals surface area (Å²) in [4.78, 5) is 35.1. The fourth-order valence-corrected chi connectivity index (χ4v) is 3.76. The molecule has 0 aliphatic carbocycles. The minimum absolute atomic E-state index is 0.0914. The van der Waals surface area contributed by atoms with Gasteiger partial charge in [-0.05, 0) is 38.1 Å². The first-order chi connectivity index (χ1) is 12.6. The Hall–Kier alpha value is -2.67. The zero-order valence-electron chi connectivity index (χ0n) is 14.7. The molecular weight excluding hydrogens is 348 g/mol. The van der Waals surface area contributed by atoms with Gasteiger partial charge in [0.25, 0.3) is 0 Å². The molecule has 1 aliphatic heterocycles. The van der Waals surface area contributed by atoms with E-state index in [1.807, 2.05) is 50.2 Å². The van der Waals surface area contributed by atoms with Crippen LogP contribution in [0.3, 0.4) is 0 Å². The molecule has 3 rings (SSSR count). The summed E-state index contributed by atoms with van der Waals surface area (Å²) in [7, 11) is 0. The number of aryl methyl sites for hydroxylation is 1. The Balaban J connectivity index is 1.68. The fraction of sp³-hybridized carbons (Fsp3) is 0.263. The summed E-state index contributed by atoms with van der Waals surface area (Å²) in [5, 5.41) is 2.96. The third-order valence-corrected chi connectivity index (χ3v) is 5.08. The molecule has 1 unspecified atom stereocenters. The quantitative estimate of drug-likeness (QED) is 0.878. The van der Waals surface area contributed by atoms with E-state index < -0.39 is 5.25 Å². The van der Waals surface area contributed by atoms with E-state index in [1.54, 1.807) is 17.2 Å². The summed E-state index contributed by atoms with van der Waals surface area (Å²) in [6.07, 6.45) is 1.76. The molecule has 134 valence electrons. The number of carbonyl (C=O) groups excluding carboxylic acids is 2. The van der Waals surface area contributed by atoms with Crippen LogP contribution >= 0.6 is 11.8 Å². The summed E-state index contributed by atoms with van der Waals surface area (Å²) >= 11 is 1.31. The maximum absolute atomic E-state index is 12.6. The highest BCUT2D eigenvalue weighted by Crippen LogP contribution is 2.31. The van der Waals surface area contributed by atoms with Crippen molar-refractivity contribution in [1.82, 2.24) is 9.88 Å². The van der Waals surface area contributed by atoms with Crippen LogP contribution in [0.1, 0.15) is 18.9 Å². The smallest absolute Gasteiger partial charge is 0.242 e. The van der Waals surface area contributed by atoms with Gasteiger partial charge < -0.3 is 5.32 Å². The molecule has 26 heavy (non-hydrogen) atoms. The van der Waals surface area contributed by atoms with Gasteiger partial charge in [-0.2, -0.15) is 0 Å². The number of carbonyl (C=O) groups is 2. The Bertz CT molecular complexity index is 821. The molecule has 7 heteroatoms.